The smallest absolute Gasteiger partial charge is 0.137 e. The second kappa shape index (κ2) is 8.35. The number of aromatic nitrogens is 1. The largest absolute Gasteiger partial charge is 0.492 e. The summed E-state index contributed by atoms with van der Waals surface area (Å²) < 4.78 is 5.68. The normalized spacial score (nSPS) is 23.8. The maximum absolute atomic E-state index is 5.83. The molecule has 1 aliphatic rings. The van der Waals surface area contributed by atoms with E-state index in [2.05, 4.69) is 30.3 Å². The lowest BCUT2D eigenvalue weighted by Gasteiger charge is -2.33. The number of nitrogens with two attached hydrogens (primary N) is 1. The fraction of sp³-hybridized carbons (Fsp3) is 0.706. The number of rotatable bonds is 7. The van der Waals surface area contributed by atoms with E-state index in [0.717, 1.165) is 30.3 Å². The Kier molecular flexibility index (Phi) is 6.46. The van der Waals surface area contributed by atoms with Crippen LogP contribution in [0.5, 0.6) is 5.75 Å². The van der Waals surface area contributed by atoms with E-state index < -0.39 is 0 Å². The molecule has 1 saturated carbocycles. The molecule has 0 amide bonds. The average molecular weight is 291 g/mol. The number of nitrogens with one attached hydrogen (secondary N) is 1. The summed E-state index contributed by atoms with van der Waals surface area (Å²) in [7, 11) is 0. The molecule has 3 N–H and O–H groups in total. The van der Waals surface area contributed by atoms with Gasteiger partial charge < -0.3 is 4.74 Å². The Labute approximate surface area is 128 Å². The SMILES string of the molecule is CCCOc1cncc(C(NN)C2CCC(CC)CC2)c1. The third kappa shape index (κ3) is 4.42. The van der Waals surface area contributed by atoms with Gasteiger partial charge in [-0.05, 0) is 42.7 Å². The summed E-state index contributed by atoms with van der Waals surface area (Å²) in [5.41, 5.74) is 4.15. The minimum absolute atomic E-state index is 0.181. The van der Waals surface area contributed by atoms with Crippen molar-refractivity contribution in [3.63, 3.8) is 0 Å². The van der Waals surface area contributed by atoms with Crippen molar-refractivity contribution >= 4 is 0 Å². The number of hydrogen-bond acceptors (Lipinski definition) is 4. The first-order chi connectivity index (χ1) is 10.3. The van der Waals surface area contributed by atoms with E-state index in [1.807, 2.05) is 6.20 Å². The van der Waals surface area contributed by atoms with Crippen LogP contribution in [0, 0.1) is 11.8 Å². The zero-order valence-electron chi connectivity index (χ0n) is 13.3. The lowest BCUT2D eigenvalue weighted by atomic mass is 9.76. The van der Waals surface area contributed by atoms with Gasteiger partial charge >= 0.3 is 0 Å². The second-order valence-corrected chi connectivity index (χ2v) is 6.14. The van der Waals surface area contributed by atoms with Gasteiger partial charge in [-0.3, -0.25) is 16.3 Å². The van der Waals surface area contributed by atoms with Gasteiger partial charge in [-0.1, -0.05) is 33.1 Å². The van der Waals surface area contributed by atoms with Crippen molar-refractivity contribution in [1.82, 2.24) is 10.4 Å². The number of pyridine rings is 1. The Hall–Kier alpha value is -1.13. The zero-order valence-corrected chi connectivity index (χ0v) is 13.3. The minimum Gasteiger partial charge on any atom is -0.492 e. The summed E-state index contributed by atoms with van der Waals surface area (Å²) in [5, 5.41) is 0. The van der Waals surface area contributed by atoms with Crippen molar-refractivity contribution < 1.29 is 4.74 Å². The van der Waals surface area contributed by atoms with Crippen molar-refractivity contribution in [2.45, 2.75) is 58.4 Å². The molecule has 1 aromatic heterocycles. The predicted octanol–water partition coefficient (Wildman–Crippen LogP) is 3.59. The Morgan fingerprint density at radius 1 is 1.29 bits per heavy atom. The summed E-state index contributed by atoms with van der Waals surface area (Å²) in [5.74, 6) is 8.18. The van der Waals surface area contributed by atoms with Crippen LogP contribution in [0.15, 0.2) is 18.5 Å². The molecule has 21 heavy (non-hydrogen) atoms. The van der Waals surface area contributed by atoms with Crippen LogP contribution in [0.3, 0.4) is 0 Å². The molecular formula is C17H29N3O. The van der Waals surface area contributed by atoms with E-state index in [-0.39, 0.29) is 6.04 Å². The fourth-order valence-corrected chi connectivity index (χ4v) is 3.34. The van der Waals surface area contributed by atoms with Crippen molar-refractivity contribution in [1.29, 1.82) is 0 Å². The first-order valence-electron chi connectivity index (χ1n) is 8.32. The van der Waals surface area contributed by atoms with E-state index in [0.29, 0.717) is 5.92 Å². The van der Waals surface area contributed by atoms with Crippen LogP contribution in [0.1, 0.15) is 64.0 Å². The van der Waals surface area contributed by atoms with Gasteiger partial charge in [0.05, 0.1) is 18.8 Å². The Balaban J connectivity index is 2.03. The summed E-state index contributed by atoms with van der Waals surface area (Å²) in [6, 6.07) is 2.26. The molecule has 1 aromatic rings. The molecule has 1 aliphatic carbocycles. The van der Waals surface area contributed by atoms with Crippen molar-refractivity contribution in [3.8, 4) is 5.75 Å². The molecule has 1 heterocycles. The molecule has 0 bridgehead atoms. The molecule has 0 spiro atoms. The molecule has 4 nitrogen and oxygen atoms in total. The standard InChI is InChI=1S/C17H29N3O/c1-3-9-21-16-10-15(11-19-12-16)17(20-18)14-7-5-13(4-2)6-8-14/h10-14,17,20H,3-9,18H2,1-2H3. The number of ether oxygens (including phenoxy) is 1. The van der Waals surface area contributed by atoms with Crippen LogP contribution in [0.4, 0.5) is 0 Å². The van der Waals surface area contributed by atoms with Gasteiger partial charge in [-0.25, -0.2) is 0 Å². The summed E-state index contributed by atoms with van der Waals surface area (Å²) in [6.07, 6.45) is 11.1. The number of hydrogen-bond donors (Lipinski definition) is 2. The lowest BCUT2D eigenvalue weighted by Crippen LogP contribution is -2.35. The molecule has 0 radical (unpaired) electrons. The molecule has 0 aliphatic heterocycles. The van der Waals surface area contributed by atoms with Crippen LogP contribution in [-0.2, 0) is 0 Å². The van der Waals surface area contributed by atoms with Gasteiger partial charge in [0, 0.05) is 6.20 Å². The second-order valence-electron chi connectivity index (χ2n) is 6.14. The quantitative estimate of drug-likeness (QED) is 0.595. The summed E-state index contributed by atoms with van der Waals surface area (Å²) >= 11 is 0. The van der Waals surface area contributed by atoms with Gasteiger partial charge in [-0.15, -0.1) is 0 Å². The van der Waals surface area contributed by atoms with Crippen LogP contribution >= 0.6 is 0 Å². The maximum Gasteiger partial charge on any atom is 0.137 e. The maximum atomic E-state index is 5.83. The van der Waals surface area contributed by atoms with Crippen LogP contribution in [0.2, 0.25) is 0 Å². The van der Waals surface area contributed by atoms with Crippen LogP contribution in [-0.4, -0.2) is 11.6 Å². The van der Waals surface area contributed by atoms with Gasteiger partial charge in [0.25, 0.3) is 0 Å². The molecule has 1 atom stereocenters. The van der Waals surface area contributed by atoms with Crippen molar-refractivity contribution in [3.05, 3.63) is 24.0 Å². The summed E-state index contributed by atoms with van der Waals surface area (Å²) in [4.78, 5) is 4.31. The van der Waals surface area contributed by atoms with Gasteiger partial charge in [0.1, 0.15) is 5.75 Å². The highest BCUT2D eigenvalue weighted by Gasteiger charge is 2.27. The van der Waals surface area contributed by atoms with E-state index in [9.17, 15) is 0 Å². The topological polar surface area (TPSA) is 60.2 Å². The highest BCUT2D eigenvalue weighted by molar-refractivity contribution is 5.26. The highest BCUT2D eigenvalue weighted by atomic mass is 16.5. The van der Waals surface area contributed by atoms with Gasteiger partial charge in [0.15, 0.2) is 0 Å². The first kappa shape index (κ1) is 16.2. The van der Waals surface area contributed by atoms with E-state index in [4.69, 9.17) is 10.6 Å². The molecule has 118 valence electrons. The highest BCUT2D eigenvalue weighted by Crippen LogP contribution is 2.37. The van der Waals surface area contributed by atoms with E-state index in [1.54, 1.807) is 6.20 Å². The minimum atomic E-state index is 0.181. The average Bonchev–Trinajstić information content (AvgIpc) is 2.55. The molecule has 0 saturated heterocycles. The molecule has 1 fully saturated rings. The molecule has 0 aromatic carbocycles. The number of nitrogens with zero attached hydrogens (tertiary/aromatic N) is 1. The van der Waals surface area contributed by atoms with Gasteiger partial charge in [0.2, 0.25) is 0 Å². The Morgan fingerprint density at radius 3 is 2.67 bits per heavy atom. The Bertz CT molecular complexity index is 416. The van der Waals surface area contributed by atoms with E-state index >= 15 is 0 Å². The molecular weight excluding hydrogens is 262 g/mol. The van der Waals surface area contributed by atoms with Crippen molar-refractivity contribution in [2.24, 2.45) is 17.7 Å². The van der Waals surface area contributed by atoms with Crippen LogP contribution in [0.25, 0.3) is 0 Å². The third-order valence-electron chi connectivity index (χ3n) is 4.69. The van der Waals surface area contributed by atoms with E-state index in [1.165, 1.54) is 32.1 Å². The first-order valence-corrected chi connectivity index (χ1v) is 8.32. The Morgan fingerprint density at radius 2 is 2.05 bits per heavy atom. The predicted molar refractivity (Wildman–Crippen MR) is 85.8 cm³/mol. The zero-order chi connectivity index (χ0) is 15.1. The van der Waals surface area contributed by atoms with Crippen molar-refractivity contribution in [2.75, 3.05) is 6.61 Å². The lowest BCUT2D eigenvalue weighted by molar-refractivity contribution is 0.218. The fourth-order valence-electron chi connectivity index (χ4n) is 3.34. The summed E-state index contributed by atoms with van der Waals surface area (Å²) in [6.45, 7) is 5.13. The molecule has 4 heteroatoms. The molecule has 1 unspecified atom stereocenters. The number of hydrazine groups is 1. The monoisotopic (exact) mass is 291 g/mol. The van der Waals surface area contributed by atoms with Gasteiger partial charge in [-0.2, -0.15) is 0 Å². The third-order valence-corrected chi connectivity index (χ3v) is 4.69. The van der Waals surface area contributed by atoms with Crippen LogP contribution < -0.4 is 16.0 Å². The molecule has 2 rings (SSSR count).